The number of hydrogen-bond acceptors (Lipinski definition) is 3. The molecule has 5 nitrogen and oxygen atoms in total. The summed E-state index contributed by atoms with van der Waals surface area (Å²) in [4.78, 5) is 11.0. The molecule has 1 N–H and O–H groups in total. The first-order valence-corrected chi connectivity index (χ1v) is 6.41. The summed E-state index contributed by atoms with van der Waals surface area (Å²) < 4.78 is 7.06. The highest BCUT2D eigenvalue weighted by Gasteiger charge is 2.19. The number of aliphatic carboxylic acids is 1. The second-order valence-electron chi connectivity index (χ2n) is 4.81. The van der Waals surface area contributed by atoms with Crippen molar-refractivity contribution in [1.82, 2.24) is 9.78 Å². The molecule has 1 aromatic carbocycles. The summed E-state index contributed by atoms with van der Waals surface area (Å²) in [5.41, 5.74) is 2.61. The van der Waals surface area contributed by atoms with Gasteiger partial charge in [0.15, 0.2) is 0 Å². The average molecular weight is 274 g/mol. The first kappa shape index (κ1) is 14.1. The van der Waals surface area contributed by atoms with Crippen LogP contribution in [0.3, 0.4) is 0 Å². The standard InChI is InChI=1S/C15H18N2O3/c1-10(15(18)19)8-13-12(9-17(2)16-13)11-6-4-5-7-14(11)20-3/h4-7,9-10H,8H2,1-3H3,(H,18,19). The van der Waals surface area contributed by atoms with E-state index in [2.05, 4.69) is 5.10 Å². The number of ether oxygens (including phenoxy) is 1. The molecule has 0 amide bonds. The van der Waals surface area contributed by atoms with Gasteiger partial charge in [-0.1, -0.05) is 25.1 Å². The monoisotopic (exact) mass is 274 g/mol. The van der Waals surface area contributed by atoms with E-state index in [0.717, 1.165) is 22.6 Å². The summed E-state index contributed by atoms with van der Waals surface area (Å²) in [7, 11) is 3.45. The van der Waals surface area contributed by atoms with Gasteiger partial charge in [-0.05, 0) is 6.07 Å². The Morgan fingerprint density at radius 3 is 2.75 bits per heavy atom. The smallest absolute Gasteiger partial charge is 0.306 e. The lowest BCUT2D eigenvalue weighted by molar-refractivity contribution is -0.141. The van der Waals surface area contributed by atoms with Gasteiger partial charge >= 0.3 is 5.97 Å². The van der Waals surface area contributed by atoms with Gasteiger partial charge in [0.25, 0.3) is 0 Å². The molecule has 0 aliphatic heterocycles. The van der Waals surface area contributed by atoms with Crippen LogP contribution < -0.4 is 4.74 Å². The van der Waals surface area contributed by atoms with Crippen LogP contribution in [-0.4, -0.2) is 28.0 Å². The number of benzene rings is 1. The molecule has 1 atom stereocenters. The first-order chi connectivity index (χ1) is 9.52. The van der Waals surface area contributed by atoms with Crippen LogP contribution >= 0.6 is 0 Å². The molecule has 0 aliphatic carbocycles. The molecule has 1 aromatic heterocycles. The predicted octanol–water partition coefficient (Wildman–Crippen LogP) is 2.36. The second kappa shape index (κ2) is 5.77. The molecule has 0 fully saturated rings. The van der Waals surface area contributed by atoms with Crippen LogP contribution in [-0.2, 0) is 18.3 Å². The lowest BCUT2D eigenvalue weighted by Crippen LogP contribution is -2.13. The molecular weight excluding hydrogens is 256 g/mol. The first-order valence-electron chi connectivity index (χ1n) is 6.41. The molecule has 2 aromatic rings. The Morgan fingerprint density at radius 1 is 1.40 bits per heavy atom. The van der Waals surface area contributed by atoms with Gasteiger partial charge in [-0.3, -0.25) is 9.48 Å². The van der Waals surface area contributed by atoms with E-state index >= 15 is 0 Å². The Hall–Kier alpha value is -2.30. The Bertz CT molecular complexity index is 619. The number of carboxylic acids is 1. The van der Waals surface area contributed by atoms with Gasteiger partial charge in [0.1, 0.15) is 5.75 Å². The summed E-state index contributed by atoms with van der Waals surface area (Å²) in [6.07, 6.45) is 2.28. The van der Waals surface area contributed by atoms with E-state index in [4.69, 9.17) is 9.84 Å². The summed E-state index contributed by atoms with van der Waals surface area (Å²) >= 11 is 0. The molecule has 0 saturated carbocycles. The number of rotatable bonds is 5. The van der Waals surface area contributed by atoms with Crippen molar-refractivity contribution in [3.63, 3.8) is 0 Å². The van der Waals surface area contributed by atoms with E-state index in [0.29, 0.717) is 6.42 Å². The molecule has 1 unspecified atom stereocenters. The fourth-order valence-electron chi connectivity index (χ4n) is 2.15. The quantitative estimate of drug-likeness (QED) is 0.909. The van der Waals surface area contributed by atoms with Crippen molar-refractivity contribution in [2.24, 2.45) is 13.0 Å². The topological polar surface area (TPSA) is 64.4 Å². The Kier molecular flexibility index (Phi) is 4.08. The van der Waals surface area contributed by atoms with Crippen LogP contribution in [0.15, 0.2) is 30.5 Å². The van der Waals surface area contributed by atoms with Gasteiger partial charge in [0, 0.05) is 30.8 Å². The van der Waals surface area contributed by atoms with Crippen LogP contribution in [0.25, 0.3) is 11.1 Å². The number of nitrogens with zero attached hydrogens (tertiary/aromatic N) is 2. The molecule has 0 aliphatic rings. The van der Waals surface area contributed by atoms with E-state index < -0.39 is 11.9 Å². The zero-order valence-corrected chi connectivity index (χ0v) is 11.8. The van der Waals surface area contributed by atoms with Crippen molar-refractivity contribution in [3.8, 4) is 16.9 Å². The third kappa shape index (κ3) is 2.82. The van der Waals surface area contributed by atoms with Crippen molar-refractivity contribution in [1.29, 1.82) is 0 Å². The van der Waals surface area contributed by atoms with E-state index in [1.165, 1.54) is 0 Å². The van der Waals surface area contributed by atoms with Crippen LogP contribution in [0.5, 0.6) is 5.75 Å². The summed E-state index contributed by atoms with van der Waals surface area (Å²) in [6, 6.07) is 7.66. The van der Waals surface area contributed by atoms with Gasteiger partial charge in [-0.2, -0.15) is 5.10 Å². The minimum Gasteiger partial charge on any atom is -0.496 e. The van der Waals surface area contributed by atoms with Gasteiger partial charge in [-0.25, -0.2) is 0 Å². The van der Waals surface area contributed by atoms with Crippen molar-refractivity contribution < 1.29 is 14.6 Å². The van der Waals surface area contributed by atoms with Gasteiger partial charge < -0.3 is 9.84 Å². The molecule has 0 spiro atoms. The maximum absolute atomic E-state index is 11.0. The average Bonchev–Trinajstić information content (AvgIpc) is 2.79. The molecule has 106 valence electrons. The van der Waals surface area contributed by atoms with Crippen LogP contribution in [0, 0.1) is 5.92 Å². The van der Waals surface area contributed by atoms with Crippen LogP contribution in [0.1, 0.15) is 12.6 Å². The minimum atomic E-state index is -0.818. The van der Waals surface area contributed by atoms with Gasteiger partial charge in [-0.15, -0.1) is 0 Å². The number of hydrogen-bond donors (Lipinski definition) is 1. The molecule has 0 radical (unpaired) electrons. The highest BCUT2D eigenvalue weighted by atomic mass is 16.5. The van der Waals surface area contributed by atoms with Crippen LogP contribution in [0.4, 0.5) is 0 Å². The Labute approximate surface area is 117 Å². The zero-order chi connectivity index (χ0) is 14.7. The Morgan fingerprint density at radius 2 is 2.10 bits per heavy atom. The van der Waals surface area contributed by atoms with Gasteiger partial charge in [0.05, 0.1) is 18.7 Å². The second-order valence-corrected chi connectivity index (χ2v) is 4.81. The van der Waals surface area contributed by atoms with Crippen molar-refractivity contribution >= 4 is 5.97 Å². The molecule has 0 bridgehead atoms. The van der Waals surface area contributed by atoms with E-state index in [-0.39, 0.29) is 0 Å². The molecule has 5 heteroatoms. The van der Waals surface area contributed by atoms with Crippen LogP contribution in [0.2, 0.25) is 0 Å². The maximum atomic E-state index is 11.0. The highest BCUT2D eigenvalue weighted by Crippen LogP contribution is 2.32. The summed E-state index contributed by atoms with van der Waals surface area (Å²) in [6.45, 7) is 1.68. The number of aromatic nitrogens is 2. The summed E-state index contributed by atoms with van der Waals surface area (Å²) in [5, 5.41) is 13.4. The van der Waals surface area contributed by atoms with E-state index in [9.17, 15) is 4.79 Å². The molecule has 20 heavy (non-hydrogen) atoms. The SMILES string of the molecule is COc1ccccc1-c1cn(C)nc1CC(C)C(=O)O. The number of carbonyl (C=O) groups is 1. The molecular formula is C15H18N2O3. The number of methoxy groups -OCH3 is 1. The Balaban J connectivity index is 2.44. The fourth-order valence-corrected chi connectivity index (χ4v) is 2.15. The predicted molar refractivity (Wildman–Crippen MR) is 75.7 cm³/mol. The number of aryl methyl sites for hydroxylation is 1. The molecule has 1 heterocycles. The van der Waals surface area contributed by atoms with E-state index in [1.807, 2.05) is 37.5 Å². The molecule has 2 rings (SSSR count). The maximum Gasteiger partial charge on any atom is 0.306 e. The third-order valence-electron chi connectivity index (χ3n) is 3.22. The highest BCUT2D eigenvalue weighted by molar-refractivity contribution is 5.74. The zero-order valence-electron chi connectivity index (χ0n) is 11.8. The minimum absolute atomic E-state index is 0.392. The fraction of sp³-hybridized carbons (Fsp3) is 0.333. The number of para-hydroxylation sites is 1. The van der Waals surface area contributed by atoms with Crippen molar-refractivity contribution in [2.75, 3.05) is 7.11 Å². The van der Waals surface area contributed by atoms with E-state index in [1.54, 1.807) is 18.7 Å². The number of carboxylic acid groups (broad SMARTS) is 1. The third-order valence-corrected chi connectivity index (χ3v) is 3.22. The van der Waals surface area contributed by atoms with Gasteiger partial charge in [0.2, 0.25) is 0 Å². The lowest BCUT2D eigenvalue weighted by atomic mass is 9.99. The molecule has 0 saturated heterocycles. The van der Waals surface area contributed by atoms with Crippen molar-refractivity contribution in [2.45, 2.75) is 13.3 Å². The normalized spacial score (nSPS) is 12.2. The lowest BCUT2D eigenvalue weighted by Gasteiger charge is -2.09. The van der Waals surface area contributed by atoms with Crippen molar-refractivity contribution in [3.05, 3.63) is 36.2 Å². The summed E-state index contributed by atoms with van der Waals surface area (Å²) in [5.74, 6) is -0.537. The largest absolute Gasteiger partial charge is 0.496 e.